The van der Waals surface area contributed by atoms with Crippen molar-refractivity contribution in [1.82, 2.24) is 0 Å². The molecule has 2 rings (SSSR count). The molecule has 1 N–H and O–H groups in total. The largest absolute Gasteiger partial charge is 0.393 e. The van der Waals surface area contributed by atoms with E-state index < -0.39 is 11.6 Å². The third-order valence-electron chi connectivity index (χ3n) is 4.11. The third kappa shape index (κ3) is 3.08. The molecule has 18 heavy (non-hydrogen) atoms. The molecule has 0 bridgehead atoms. The van der Waals surface area contributed by atoms with Crippen LogP contribution in [0.4, 0.5) is 8.78 Å². The number of halogens is 2. The molecule has 3 atom stereocenters. The zero-order chi connectivity index (χ0) is 13.1. The molecule has 1 aromatic rings. The number of hydrogen-bond acceptors (Lipinski definition) is 1. The van der Waals surface area contributed by atoms with Gasteiger partial charge >= 0.3 is 0 Å². The number of benzene rings is 1. The van der Waals surface area contributed by atoms with Crippen molar-refractivity contribution < 1.29 is 13.9 Å². The van der Waals surface area contributed by atoms with E-state index in [2.05, 4.69) is 6.92 Å². The molecule has 1 aliphatic carbocycles. The second-order valence-electron chi connectivity index (χ2n) is 5.37. The number of aliphatic hydroxyl groups is 1. The fourth-order valence-corrected chi connectivity index (χ4v) is 2.90. The van der Waals surface area contributed by atoms with Crippen LogP contribution in [0.2, 0.25) is 0 Å². The highest BCUT2D eigenvalue weighted by Gasteiger charge is 2.28. The average Bonchev–Trinajstić information content (AvgIpc) is 2.36. The first kappa shape index (κ1) is 13.5. The van der Waals surface area contributed by atoms with Crippen LogP contribution in [0.25, 0.3) is 0 Å². The van der Waals surface area contributed by atoms with Gasteiger partial charge in [0, 0.05) is 0 Å². The highest BCUT2D eigenvalue weighted by Crippen LogP contribution is 2.33. The summed E-state index contributed by atoms with van der Waals surface area (Å²) in [6.07, 6.45) is 4.34. The Morgan fingerprint density at radius 2 is 2.00 bits per heavy atom. The fourth-order valence-electron chi connectivity index (χ4n) is 2.90. The van der Waals surface area contributed by atoms with Crippen LogP contribution >= 0.6 is 0 Å². The molecule has 0 amide bonds. The van der Waals surface area contributed by atoms with Crippen molar-refractivity contribution in [3.63, 3.8) is 0 Å². The summed E-state index contributed by atoms with van der Waals surface area (Å²) in [6, 6.07) is 4.02. The van der Waals surface area contributed by atoms with Crippen molar-refractivity contribution in [3.8, 4) is 0 Å². The predicted molar refractivity (Wildman–Crippen MR) is 67.2 cm³/mol. The van der Waals surface area contributed by atoms with E-state index in [1.807, 2.05) is 0 Å². The minimum absolute atomic E-state index is 0.175. The van der Waals surface area contributed by atoms with E-state index in [4.69, 9.17) is 0 Å². The molecule has 0 saturated heterocycles. The molecule has 1 fully saturated rings. The monoisotopic (exact) mass is 254 g/mol. The highest BCUT2D eigenvalue weighted by atomic mass is 19.2. The van der Waals surface area contributed by atoms with Gasteiger partial charge < -0.3 is 5.11 Å². The summed E-state index contributed by atoms with van der Waals surface area (Å²) >= 11 is 0. The van der Waals surface area contributed by atoms with E-state index >= 15 is 0 Å². The average molecular weight is 254 g/mol. The van der Waals surface area contributed by atoms with Gasteiger partial charge in [0.05, 0.1) is 6.10 Å². The smallest absolute Gasteiger partial charge is 0.159 e. The van der Waals surface area contributed by atoms with Crippen LogP contribution in [-0.4, -0.2) is 11.2 Å². The predicted octanol–water partition coefficient (Wildman–Crippen LogP) is 3.69. The summed E-state index contributed by atoms with van der Waals surface area (Å²) in [5.41, 5.74) is 0.773. The van der Waals surface area contributed by atoms with Crippen molar-refractivity contribution in [2.24, 2.45) is 11.8 Å². The molecule has 0 aliphatic heterocycles. The normalized spacial score (nSPS) is 28.3. The highest BCUT2D eigenvalue weighted by molar-refractivity contribution is 5.18. The lowest BCUT2D eigenvalue weighted by Crippen LogP contribution is -2.30. The minimum Gasteiger partial charge on any atom is -0.393 e. The van der Waals surface area contributed by atoms with Crippen molar-refractivity contribution in [3.05, 3.63) is 35.4 Å². The summed E-state index contributed by atoms with van der Waals surface area (Å²) in [5, 5.41) is 10.00. The maximum Gasteiger partial charge on any atom is 0.159 e. The molecule has 3 unspecified atom stereocenters. The molecule has 0 heterocycles. The lowest BCUT2D eigenvalue weighted by molar-refractivity contribution is 0.0474. The maximum absolute atomic E-state index is 13.1. The second-order valence-corrected chi connectivity index (χ2v) is 5.37. The third-order valence-corrected chi connectivity index (χ3v) is 4.11. The minimum atomic E-state index is -0.811. The lowest BCUT2D eigenvalue weighted by atomic mass is 9.76. The Morgan fingerprint density at radius 3 is 2.67 bits per heavy atom. The van der Waals surface area contributed by atoms with Gasteiger partial charge in [-0.05, 0) is 55.2 Å². The number of aliphatic hydroxyl groups excluding tert-OH is 1. The zero-order valence-electron chi connectivity index (χ0n) is 10.7. The Kier molecular flexibility index (Phi) is 4.33. The number of hydrogen-bond donors (Lipinski definition) is 1. The van der Waals surface area contributed by atoms with Gasteiger partial charge in [0.25, 0.3) is 0 Å². The topological polar surface area (TPSA) is 20.2 Å². The van der Waals surface area contributed by atoms with Gasteiger partial charge in [-0.15, -0.1) is 0 Å². The summed E-state index contributed by atoms with van der Waals surface area (Å²) in [6.45, 7) is 2.16. The molecule has 1 aliphatic rings. The van der Waals surface area contributed by atoms with Crippen LogP contribution in [0.15, 0.2) is 18.2 Å². The van der Waals surface area contributed by atoms with Gasteiger partial charge in [-0.25, -0.2) is 8.78 Å². The summed E-state index contributed by atoms with van der Waals surface area (Å²) < 4.78 is 26.0. The first-order valence-corrected chi connectivity index (χ1v) is 6.72. The quantitative estimate of drug-likeness (QED) is 0.872. The standard InChI is InChI=1S/C15H20F2O/c1-2-10-4-6-15(18)12(7-10)8-11-3-5-13(16)14(17)9-11/h3,5,9-10,12,15,18H,2,4,6-8H2,1H3. The molecule has 1 aromatic carbocycles. The van der Waals surface area contributed by atoms with Crippen molar-refractivity contribution in [2.75, 3.05) is 0 Å². The Balaban J connectivity index is 2.04. The molecule has 0 radical (unpaired) electrons. The van der Waals surface area contributed by atoms with Crippen LogP contribution in [0, 0.1) is 23.5 Å². The van der Waals surface area contributed by atoms with Crippen molar-refractivity contribution in [1.29, 1.82) is 0 Å². The van der Waals surface area contributed by atoms with Crippen molar-refractivity contribution in [2.45, 2.75) is 45.1 Å². The van der Waals surface area contributed by atoms with Gasteiger partial charge in [-0.3, -0.25) is 0 Å². The molecule has 100 valence electrons. The van der Waals surface area contributed by atoms with E-state index in [0.29, 0.717) is 12.3 Å². The van der Waals surface area contributed by atoms with Gasteiger partial charge in [-0.2, -0.15) is 0 Å². The van der Waals surface area contributed by atoms with Gasteiger partial charge in [0.1, 0.15) is 0 Å². The maximum atomic E-state index is 13.1. The van der Waals surface area contributed by atoms with Gasteiger partial charge in [0.15, 0.2) is 11.6 Å². The van der Waals surface area contributed by atoms with Gasteiger partial charge in [0.2, 0.25) is 0 Å². The Hall–Kier alpha value is -0.960. The first-order chi connectivity index (χ1) is 8.60. The van der Waals surface area contributed by atoms with Crippen LogP contribution in [-0.2, 0) is 6.42 Å². The van der Waals surface area contributed by atoms with E-state index in [1.165, 1.54) is 6.07 Å². The summed E-state index contributed by atoms with van der Waals surface area (Å²) in [5.74, 6) is -0.781. The molecule has 1 nitrogen and oxygen atoms in total. The van der Waals surface area contributed by atoms with Crippen LogP contribution in [0.1, 0.15) is 38.2 Å². The Labute approximate surface area is 107 Å². The Bertz CT molecular complexity index is 405. The van der Waals surface area contributed by atoms with E-state index in [0.717, 1.165) is 37.3 Å². The second kappa shape index (κ2) is 5.79. The van der Waals surface area contributed by atoms with E-state index in [-0.39, 0.29) is 12.0 Å². The molecular weight excluding hydrogens is 234 g/mol. The van der Waals surface area contributed by atoms with Crippen molar-refractivity contribution >= 4 is 0 Å². The molecule has 0 spiro atoms. The van der Waals surface area contributed by atoms with E-state index in [9.17, 15) is 13.9 Å². The van der Waals surface area contributed by atoms with Crippen LogP contribution < -0.4 is 0 Å². The molecule has 0 aromatic heterocycles. The van der Waals surface area contributed by atoms with Crippen LogP contribution in [0.5, 0.6) is 0 Å². The molecule has 3 heteroatoms. The van der Waals surface area contributed by atoms with Crippen LogP contribution in [0.3, 0.4) is 0 Å². The van der Waals surface area contributed by atoms with Gasteiger partial charge in [-0.1, -0.05) is 19.4 Å². The molecular formula is C15H20F2O. The zero-order valence-corrected chi connectivity index (χ0v) is 10.7. The summed E-state index contributed by atoms with van der Waals surface area (Å²) in [4.78, 5) is 0. The lowest BCUT2D eigenvalue weighted by Gasteiger charge is -2.33. The summed E-state index contributed by atoms with van der Waals surface area (Å²) in [7, 11) is 0. The molecule has 1 saturated carbocycles. The number of rotatable bonds is 3. The van der Waals surface area contributed by atoms with E-state index in [1.54, 1.807) is 6.07 Å². The first-order valence-electron chi connectivity index (χ1n) is 6.72. The SMILES string of the molecule is CCC1CCC(O)C(Cc2ccc(F)c(F)c2)C1. The Morgan fingerprint density at radius 1 is 1.22 bits per heavy atom. The fraction of sp³-hybridized carbons (Fsp3) is 0.600.